The van der Waals surface area contributed by atoms with Gasteiger partial charge in [0.2, 0.25) is 0 Å². The molecule has 0 N–H and O–H groups in total. The number of ether oxygens (including phenoxy) is 3. The van der Waals surface area contributed by atoms with Crippen molar-refractivity contribution < 1.29 is 23.8 Å². The first-order valence-electron chi connectivity index (χ1n) is 7.15. The highest BCUT2D eigenvalue weighted by Crippen LogP contribution is 2.25. The van der Waals surface area contributed by atoms with Gasteiger partial charge in [-0.05, 0) is 62.6 Å². The molecule has 5 heteroatoms. The number of methoxy groups -OCH3 is 1. The van der Waals surface area contributed by atoms with E-state index in [1.165, 1.54) is 6.08 Å². The molecule has 1 rings (SSSR count). The van der Waals surface area contributed by atoms with Crippen molar-refractivity contribution in [2.24, 2.45) is 0 Å². The van der Waals surface area contributed by atoms with Gasteiger partial charge in [0.05, 0.1) is 20.3 Å². The molecule has 0 aliphatic carbocycles. The zero-order chi connectivity index (χ0) is 16.7. The van der Waals surface area contributed by atoms with Crippen molar-refractivity contribution in [1.82, 2.24) is 0 Å². The Morgan fingerprint density at radius 2 is 1.45 bits per heavy atom. The Hall–Kier alpha value is -2.30. The summed E-state index contributed by atoms with van der Waals surface area (Å²) in [5.41, 5.74) is 2.43. The Labute approximate surface area is 130 Å². The van der Waals surface area contributed by atoms with Crippen molar-refractivity contribution in [3.8, 4) is 5.75 Å². The van der Waals surface area contributed by atoms with Crippen molar-refractivity contribution in [1.29, 1.82) is 0 Å². The minimum atomic E-state index is -0.688. The highest BCUT2D eigenvalue weighted by molar-refractivity contribution is 6.17. The SMILES string of the molecule is CCOC(=O)C(=Cc1cc(C)c(OC)c(C)c1)C(=O)OCC. The standard InChI is InChI=1S/C17H22O5/c1-6-21-16(18)14(17(19)22-7-2)10-13-8-11(3)15(20-5)12(4)9-13/h8-10H,6-7H2,1-5H3. The quantitative estimate of drug-likeness (QED) is 0.350. The molecule has 0 aromatic heterocycles. The summed E-state index contributed by atoms with van der Waals surface area (Å²) in [4.78, 5) is 23.9. The zero-order valence-electron chi connectivity index (χ0n) is 13.7. The monoisotopic (exact) mass is 306 g/mol. The molecular formula is C17H22O5. The highest BCUT2D eigenvalue weighted by Gasteiger charge is 2.21. The number of hydrogen-bond acceptors (Lipinski definition) is 5. The summed E-state index contributed by atoms with van der Waals surface area (Å²) in [6.07, 6.45) is 1.48. The van der Waals surface area contributed by atoms with E-state index < -0.39 is 11.9 Å². The van der Waals surface area contributed by atoms with Gasteiger partial charge in [-0.1, -0.05) is 0 Å². The molecule has 0 unspecified atom stereocenters. The highest BCUT2D eigenvalue weighted by atomic mass is 16.6. The summed E-state index contributed by atoms with van der Waals surface area (Å²) >= 11 is 0. The molecule has 0 amide bonds. The average molecular weight is 306 g/mol. The number of carbonyl (C=O) groups is 2. The predicted octanol–water partition coefficient (Wildman–Crippen LogP) is 2.82. The molecule has 5 nitrogen and oxygen atoms in total. The van der Waals surface area contributed by atoms with Crippen molar-refractivity contribution in [3.63, 3.8) is 0 Å². The van der Waals surface area contributed by atoms with Crippen LogP contribution in [0.5, 0.6) is 5.75 Å². The lowest BCUT2D eigenvalue weighted by Crippen LogP contribution is -2.18. The van der Waals surface area contributed by atoms with Crippen LogP contribution in [0.4, 0.5) is 0 Å². The van der Waals surface area contributed by atoms with Gasteiger partial charge in [0.15, 0.2) is 0 Å². The van der Waals surface area contributed by atoms with Crippen LogP contribution in [0.25, 0.3) is 6.08 Å². The first-order valence-corrected chi connectivity index (χ1v) is 7.15. The van der Waals surface area contributed by atoms with Crippen molar-refractivity contribution in [2.75, 3.05) is 20.3 Å². The Kier molecular flexibility index (Phi) is 6.63. The number of rotatable bonds is 6. The van der Waals surface area contributed by atoms with Crippen LogP contribution in [0.2, 0.25) is 0 Å². The number of esters is 2. The third-order valence-electron chi connectivity index (χ3n) is 2.99. The normalized spacial score (nSPS) is 9.86. The van der Waals surface area contributed by atoms with E-state index in [0.29, 0.717) is 5.56 Å². The Morgan fingerprint density at radius 1 is 1.00 bits per heavy atom. The van der Waals surface area contributed by atoms with Gasteiger partial charge in [0.25, 0.3) is 0 Å². The van der Waals surface area contributed by atoms with Gasteiger partial charge in [-0.2, -0.15) is 0 Å². The van der Waals surface area contributed by atoms with Crippen molar-refractivity contribution in [2.45, 2.75) is 27.7 Å². The molecule has 0 aliphatic heterocycles. The predicted molar refractivity (Wildman–Crippen MR) is 83.7 cm³/mol. The fraction of sp³-hybridized carbons (Fsp3) is 0.412. The minimum Gasteiger partial charge on any atom is -0.496 e. The van der Waals surface area contributed by atoms with E-state index in [1.807, 2.05) is 26.0 Å². The van der Waals surface area contributed by atoms with Gasteiger partial charge in [0, 0.05) is 0 Å². The van der Waals surface area contributed by atoms with E-state index in [9.17, 15) is 9.59 Å². The Morgan fingerprint density at radius 3 is 1.82 bits per heavy atom. The van der Waals surface area contributed by atoms with Crippen molar-refractivity contribution in [3.05, 3.63) is 34.4 Å². The van der Waals surface area contributed by atoms with Gasteiger partial charge in [-0.15, -0.1) is 0 Å². The zero-order valence-corrected chi connectivity index (χ0v) is 13.7. The molecule has 0 saturated heterocycles. The molecule has 0 radical (unpaired) electrons. The lowest BCUT2D eigenvalue weighted by Gasteiger charge is -2.11. The lowest BCUT2D eigenvalue weighted by molar-refractivity contribution is -0.146. The van der Waals surface area contributed by atoms with E-state index in [1.54, 1.807) is 21.0 Å². The first-order chi connectivity index (χ1) is 10.4. The van der Waals surface area contributed by atoms with Crippen LogP contribution in [-0.4, -0.2) is 32.3 Å². The van der Waals surface area contributed by atoms with E-state index in [-0.39, 0.29) is 18.8 Å². The van der Waals surface area contributed by atoms with E-state index in [2.05, 4.69) is 0 Å². The number of benzene rings is 1. The summed E-state index contributed by atoms with van der Waals surface area (Å²) in [7, 11) is 1.60. The average Bonchev–Trinajstić information content (AvgIpc) is 2.45. The molecule has 1 aromatic carbocycles. The number of hydrogen-bond donors (Lipinski definition) is 0. The van der Waals surface area contributed by atoms with E-state index in [4.69, 9.17) is 14.2 Å². The van der Waals surface area contributed by atoms with Gasteiger partial charge in [0.1, 0.15) is 11.3 Å². The minimum absolute atomic E-state index is 0.118. The largest absolute Gasteiger partial charge is 0.496 e. The molecule has 0 bridgehead atoms. The molecule has 0 aliphatic rings. The maximum atomic E-state index is 11.9. The summed E-state index contributed by atoms with van der Waals surface area (Å²) in [5, 5.41) is 0. The van der Waals surface area contributed by atoms with Gasteiger partial charge in [-0.25, -0.2) is 9.59 Å². The molecule has 1 aromatic rings. The number of carbonyl (C=O) groups excluding carboxylic acids is 2. The molecule has 0 heterocycles. The smallest absolute Gasteiger partial charge is 0.345 e. The maximum Gasteiger partial charge on any atom is 0.345 e. The fourth-order valence-corrected chi connectivity index (χ4v) is 2.17. The summed E-state index contributed by atoms with van der Waals surface area (Å²) in [6, 6.07) is 3.68. The third-order valence-corrected chi connectivity index (χ3v) is 2.99. The van der Waals surface area contributed by atoms with Gasteiger partial charge >= 0.3 is 11.9 Å². The lowest BCUT2D eigenvalue weighted by atomic mass is 10.0. The molecule has 0 spiro atoms. The Bertz CT molecular complexity index is 544. The summed E-state index contributed by atoms with van der Waals surface area (Å²) < 4.78 is 15.1. The number of aryl methyl sites for hydroxylation is 2. The van der Waals surface area contributed by atoms with Crippen LogP contribution < -0.4 is 4.74 Å². The second-order valence-electron chi connectivity index (χ2n) is 4.69. The van der Waals surface area contributed by atoms with E-state index in [0.717, 1.165) is 16.9 Å². The van der Waals surface area contributed by atoms with Gasteiger partial charge in [-0.3, -0.25) is 0 Å². The molecule has 0 fully saturated rings. The van der Waals surface area contributed by atoms with Crippen LogP contribution in [0, 0.1) is 13.8 Å². The molecule has 120 valence electrons. The maximum absolute atomic E-state index is 11.9. The summed E-state index contributed by atoms with van der Waals surface area (Å²) in [6.45, 7) is 7.55. The third kappa shape index (κ3) is 4.35. The fourth-order valence-electron chi connectivity index (χ4n) is 2.17. The van der Waals surface area contributed by atoms with Gasteiger partial charge < -0.3 is 14.2 Å². The topological polar surface area (TPSA) is 61.8 Å². The van der Waals surface area contributed by atoms with Crippen LogP contribution in [0.3, 0.4) is 0 Å². The Balaban J connectivity index is 3.26. The molecule has 0 atom stereocenters. The van der Waals surface area contributed by atoms with Crippen molar-refractivity contribution >= 4 is 18.0 Å². The second kappa shape index (κ2) is 8.22. The molecule has 22 heavy (non-hydrogen) atoms. The second-order valence-corrected chi connectivity index (χ2v) is 4.69. The molecular weight excluding hydrogens is 284 g/mol. The van der Waals surface area contributed by atoms with Crippen LogP contribution in [0.15, 0.2) is 17.7 Å². The van der Waals surface area contributed by atoms with Crippen LogP contribution in [-0.2, 0) is 19.1 Å². The van der Waals surface area contributed by atoms with E-state index >= 15 is 0 Å². The van der Waals surface area contributed by atoms with Crippen LogP contribution >= 0.6 is 0 Å². The van der Waals surface area contributed by atoms with Crippen LogP contribution in [0.1, 0.15) is 30.5 Å². The molecule has 0 saturated carbocycles. The summed E-state index contributed by atoms with van der Waals surface area (Å²) in [5.74, 6) is -0.592. The first kappa shape index (κ1) is 17.8.